The third-order valence-corrected chi connectivity index (χ3v) is 4.61. The molecule has 0 bridgehead atoms. The molecule has 1 heterocycles. The second-order valence-corrected chi connectivity index (χ2v) is 6.39. The second kappa shape index (κ2) is 8.11. The van der Waals surface area contributed by atoms with Gasteiger partial charge in [-0.3, -0.25) is 14.5 Å². The highest BCUT2D eigenvalue weighted by Crippen LogP contribution is 2.17. The highest BCUT2D eigenvalue weighted by Gasteiger charge is 2.20. The van der Waals surface area contributed by atoms with Gasteiger partial charge in [-0.15, -0.1) is 0 Å². The molecule has 0 saturated carbocycles. The quantitative estimate of drug-likeness (QED) is 0.875. The zero-order valence-electron chi connectivity index (χ0n) is 14.3. The lowest BCUT2D eigenvalue weighted by molar-refractivity contribution is -0.125. The van der Waals surface area contributed by atoms with E-state index in [2.05, 4.69) is 22.5 Å². The maximum atomic E-state index is 12.0. The molecule has 0 unspecified atom stereocenters. The predicted molar refractivity (Wildman–Crippen MR) is 92.4 cm³/mol. The predicted octanol–water partition coefficient (Wildman–Crippen LogP) is 2.23. The number of carbonyl (C=O) groups is 2. The summed E-state index contributed by atoms with van der Waals surface area (Å²) in [4.78, 5) is 26.2. The van der Waals surface area contributed by atoms with Gasteiger partial charge in [-0.2, -0.15) is 0 Å². The Hall–Kier alpha value is -1.88. The van der Waals surface area contributed by atoms with E-state index >= 15 is 0 Å². The summed E-state index contributed by atoms with van der Waals surface area (Å²) >= 11 is 0. The van der Waals surface area contributed by atoms with Crippen molar-refractivity contribution in [3.05, 3.63) is 29.3 Å². The highest BCUT2D eigenvalue weighted by molar-refractivity contribution is 5.95. The molecule has 126 valence electrons. The Kier molecular flexibility index (Phi) is 6.16. The lowest BCUT2D eigenvalue weighted by atomic mass is 10.0. The van der Waals surface area contributed by atoms with Crippen molar-refractivity contribution in [1.29, 1.82) is 0 Å². The van der Waals surface area contributed by atoms with E-state index in [0.717, 1.165) is 36.2 Å². The van der Waals surface area contributed by atoms with Crippen LogP contribution >= 0.6 is 0 Å². The number of amides is 2. The van der Waals surface area contributed by atoms with Gasteiger partial charge in [0, 0.05) is 11.7 Å². The van der Waals surface area contributed by atoms with E-state index in [0.29, 0.717) is 12.6 Å². The van der Waals surface area contributed by atoms with Gasteiger partial charge in [0.25, 0.3) is 0 Å². The molecule has 0 aromatic heterocycles. The average Bonchev–Trinajstić information content (AvgIpc) is 2.52. The number of nitrogens with zero attached hydrogens (tertiary/aromatic N) is 1. The summed E-state index contributed by atoms with van der Waals surface area (Å²) < 4.78 is 0. The first-order chi connectivity index (χ1) is 11.0. The van der Waals surface area contributed by atoms with Gasteiger partial charge >= 0.3 is 0 Å². The molecule has 1 aliphatic rings. The molecule has 0 aliphatic carbocycles. The third-order valence-electron chi connectivity index (χ3n) is 4.61. The molecule has 2 N–H and O–H groups in total. The Morgan fingerprint density at radius 3 is 2.74 bits per heavy atom. The number of benzene rings is 1. The second-order valence-electron chi connectivity index (χ2n) is 6.39. The Morgan fingerprint density at radius 2 is 2.00 bits per heavy atom. The Balaban J connectivity index is 1.77. The van der Waals surface area contributed by atoms with Crippen LogP contribution < -0.4 is 10.6 Å². The first kappa shape index (κ1) is 17.5. The molecule has 1 aromatic carbocycles. The molecule has 1 saturated heterocycles. The number of anilines is 1. The summed E-state index contributed by atoms with van der Waals surface area (Å²) in [5.74, 6) is -0.284. The number of hydrogen-bond acceptors (Lipinski definition) is 3. The molecule has 23 heavy (non-hydrogen) atoms. The van der Waals surface area contributed by atoms with E-state index in [9.17, 15) is 9.59 Å². The van der Waals surface area contributed by atoms with Gasteiger partial charge in [-0.1, -0.05) is 18.6 Å². The molecule has 1 aromatic rings. The Labute approximate surface area is 138 Å². The summed E-state index contributed by atoms with van der Waals surface area (Å²) in [6.45, 7) is 7.48. The number of carbonyl (C=O) groups excluding carboxylic acids is 2. The summed E-state index contributed by atoms with van der Waals surface area (Å²) in [6, 6.07) is 6.23. The van der Waals surface area contributed by atoms with Gasteiger partial charge in [-0.05, 0) is 57.4 Å². The number of hydrogen-bond donors (Lipinski definition) is 2. The monoisotopic (exact) mass is 317 g/mol. The standard InChI is InChI=1S/C18H27N3O2/c1-13-7-6-9-16(15(13)3)20-17(22)11-19-18(23)12-21-10-5-4-8-14(21)2/h6-7,9,14H,4-5,8,10-12H2,1-3H3,(H,19,23)(H,20,22)/t14-/m1/s1. The van der Waals surface area contributed by atoms with Gasteiger partial charge in [0.05, 0.1) is 13.1 Å². The lowest BCUT2D eigenvalue weighted by Crippen LogP contribution is -2.45. The van der Waals surface area contributed by atoms with Crippen LogP contribution in [-0.4, -0.2) is 42.4 Å². The zero-order valence-corrected chi connectivity index (χ0v) is 14.3. The van der Waals surface area contributed by atoms with Crippen molar-refractivity contribution < 1.29 is 9.59 Å². The first-order valence-electron chi connectivity index (χ1n) is 8.34. The van der Waals surface area contributed by atoms with Gasteiger partial charge in [0.15, 0.2) is 0 Å². The molecule has 2 amide bonds. The van der Waals surface area contributed by atoms with Crippen molar-refractivity contribution in [1.82, 2.24) is 10.2 Å². The topological polar surface area (TPSA) is 61.4 Å². The minimum atomic E-state index is -0.196. The van der Waals surface area contributed by atoms with Crippen molar-refractivity contribution in [3.8, 4) is 0 Å². The van der Waals surface area contributed by atoms with Crippen LogP contribution in [0.3, 0.4) is 0 Å². The summed E-state index contributed by atoms with van der Waals surface area (Å²) in [7, 11) is 0. The molecule has 1 aliphatic heterocycles. The van der Waals surface area contributed by atoms with Crippen molar-refractivity contribution in [2.45, 2.75) is 46.1 Å². The minimum absolute atomic E-state index is 0.00837. The van der Waals surface area contributed by atoms with E-state index in [1.165, 1.54) is 6.42 Å². The van der Waals surface area contributed by atoms with Crippen LogP contribution in [0.4, 0.5) is 5.69 Å². The SMILES string of the molecule is Cc1cccc(NC(=O)CNC(=O)CN2CCCC[C@H]2C)c1C. The number of aryl methyl sites for hydroxylation is 1. The van der Waals surface area contributed by atoms with Crippen molar-refractivity contribution in [3.63, 3.8) is 0 Å². The van der Waals surface area contributed by atoms with Gasteiger partial charge in [0.1, 0.15) is 0 Å². The van der Waals surface area contributed by atoms with Gasteiger partial charge in [-0.25, -0.2) is 0 Å². The minimum Gasteiger partial charge on any atom is -0.346 e. The molecular weight excluding hydrogens is 290 g/mol. The van der Waals surface area contributed by atoms with E-state index in [1.54, 1.807) is 0 Å². The highest BCUT2D eigenvalue weighted by atomic mass is 16.2. The fourth-order valence-electron chi connectivity index (χ4n) is 2.89. The van der Waals surface area contributed by atoms with E-state index in [1.807, 2.05) is 32.0 Å². The van der Waals surface area contributed by atoms with Crippen LogP contribution in [0, 0.1) is 13.8 Å². The number of nitrogens with one attached hydrogen (secondary N) is 2. The third kappa shape index (κ3) is 5.06. The van der Waals surface area contributed by atoms with Crippen LogP contribution in [0.5, 0.6) is 0 Å². The van der Waals surface area contributed by atoms with E-state index in [-0.39, 0.29) is 18.4 Å². The van der Waals surface area contributed by atoms with Crippen LogP contribution in [0.15, 0.2) is 18.2 Å². The number of piperidine rings is 1. The molecule has 0 spiro atoms. The van der Waals surface area contributed by atoms with Gasteiger partial charge in [0.2, 0.25) is 11.8 Å². The van der Waals surface area contributed by atoms with Gasteiger partial charge < -0.3 is 10.6 Å². The molecule has 0 radical (unpaired) electrons. The van der Waals surface area contributed by atoms with E-state index in [4.69, 9.17) is 0 Å². The molecule has 1 fully saturated rings. The Morgan fingerprint density at radius 1 is 1.22 bits per heavy atom. The summed E-state index contributed by atoms with van der Waals surface area (Å²) in [6.07, 6.45) is 3.52. The summed E-state index contributed by atoms with van der Waals surface area (Å²) in [5, 5.41) is 5.56. The first-order valence-corrected chi connectivity index (χ1v) is 8.34. The van der Waals surface area contributed by atoms with Crippen LogP contribution in [0.1, 0.15) is 37.3 Å². The fourth-order valence-corrected chi connectivity index (χ4v) is 2.89. The van der Waals surface area contributed by atoms with Crippen molar-refractivity contribution in [2.24, 2.45) is 0 Å². The maximum absolute atomic E-state index is 12.0. The van der Waals surface area contributed by atoms with Crippen LogP contribution in [-0.2, 0) is 9.59 Å². The van der Waals surface area contributed by atoms with Crippen molar-refractivity contribution in [2.75, 3.05) is 25.0 Å². The smallest absolute Gasteiger partial charge is 0.243 e. The Bertz CT molecular complexity index is 571. The molecular formula is C18H27N3O2. The molecule has 2 rings (SSSR count). The van der Waals surface area contributed by atoms with E-state index < -0.39 is 0 Å². The fraction of sp³-hybridized carbons (Fsp3) is 0.556. The van der Waals surface area contributed by atoms with Crippen LogP contribution in [0.2, 0.25) is 0 Å². The molecule has 1 atom stereocenters. The number of likely N-dealkylation sites (tertiary alicyclic amines) is 1. The molecule has 5 nitrogen and oxygen atoms in total. The van der Waals surface area contributed by atoms with Crippen molar-refractivity contribution >= 4 is 17.5 Å². The van der Waals surface area contributed by atoms with Crippen LogP contribution in [0.25, 0.3) is 0 Å². The normalized spacial score (nSPS) is 18.5. The maximum Gasteiger partial charge on any atom is 0.243 e. The molecule has 5 heteroatoms. The summed E-state index contributed by atoms with van der Waals surface area (Å²) in [5.41, 5.74) is 2.98. The lowest BCUT2D eigenvalue weighted by Gasteiger charge is -2.32. The number of rotatable bonds is 5. The average molecular weight is 317 g/mol. The largest absolute Gasteiger partial charge is 0.346 e. The zero-order chi connectivity index (χ0) is 16.8.